The van der Waals surface area contributed by atoms with E-state index < -0.39 is 9.84 Å². The van der Waals surface area contributed by atoms with Gasteiger partial charge in [-0.05, 0) is 34.7 Å². The fourth-order valence-electron chi connectivity index (χ4n) is 1.14. The molecule has 0 saturated carbocycles. The van der Waals surface area contributed by atoms with E-state index in [1.54, 1.807) is 0 Å². The van der Waals surface area contributed by atoms with E-state index in [-0.39, 0.29) is 11.3 Å². The van der Waals surface area contributed by atoms with Crippen LogP contribution in [0.25, 0.3) is 0 Å². The number of nitrogens with zero attached hydrogens (tertiary/aromatic N) is 1. The van der Waals surface area contributed by atoms with Gasteiger partial charge in [0.2, 0.25) is 0 Å². The number of hydrogen-bond donors (Lipinski definition) is 1. The van der Waals surface area contributed by atoms with Crippen molar-refractivity contribution in [2.75, 3.05) is 32.1 Å². The molecule has 5 heteroatoms. The molecule has 0 heterocycles. The number of hydrogen-bond acceptors (Lipinski definition) is 4. The molecule has 1 N–H and O–H groups in total. The van der Waals surface area contributed by atoms with Crippen molar-refractivity contribution in [3.63, 3.8) is 0 Å². The summed E-state index contributed by atoms with van der Waals surface area (Å²) in [6.07, 6.45) is 1.28. The van der Waals surface area contributed by atoms with E-state index in [0.29, 0.717) is 12.6 Å². The summed E-state index contributed by atoms with van der Waals surface area (Å²) in [5.41, 5.74) is 0.103. The molecule has 0 aromatic heterocycles. The molecule has 0 rings (SSSR count). The minimum atomic E-state index is -2.86. The highest BCUT2D eigenvalue weighted by Gasteiger charge is 2.15. The first-order chi connectivity index (χ1) is 7.01. The highest BCUT2D eigenvalue weighted by atomic mass is 32.2. The molecule has 0 aliphatic heterocycles. The third kappa shape index (κ3) is 9.12. The first-order valence-corrected chi connectivity index (χ1v) is 7.70. The largest absolute Gasteiger partial charge is 0.311 e. The quantitative estimate of drug-likeness (QED) is 0.755. The third-order valence-corrected chi connectivity index (χ3v) is 3.42. The van der Waals surface area contributed by atoms with Crippen LogP contribution in [0.3, 0.4) is 0 Å². The van der Waals surface area contributed by atoms with Gasteiger partial charge >= 0.3 is 0 Å². The standard InChI is InChI=1S/C11H26N2O2S/c1-10(9-12-11(2,3)4)13(5)7-8-16(6,14)15/h10,12H,7-9H2,1-6H3. The fourth-order valence-corrected chi connectivity index (χ4v) is 1.76. The number of sulfone groups is 1. The van der Waals surface area contributed by atoms with Crippen LogP contribution in [0.4, 0.5) is 0 Å². The van der Waals surface area contributed by atoms with Gasteiger partial charge in [0.1, 0.15) is 9.84 Å². The van der Waals surface area contributed by atoms with E-state index >= 15 is 0 Å². The van der Waals surface area contributed by atoms with Crippen molar-refractivity contribution in [1.82, 2.24) is 10.2 Å². The molecule has 0 aromatic carbocycles. The van der Waals surface area contributed by atoms with Crippen LogP contribution in [-0.4, -0.2) is 57.0 Å². The van der Waals surface area contributed by atoms with Crippen molar-refractivity contribution in [1.29, 1.82) is 0 Å². The summed E-state index contributed by atoms with van der Waals surface area (Å²) in [7, 11) is -0.900. The lowest BCUT2D eigenvalue weighted by molar-refractivity contribution is 0.247. The molecule has 0 fully saturated rings. The van der Waals surface area contributed by atoms with Crippen LogP contribution in [0, 0.1) is 0 Å². The van der Waals surface area contributed by atoms with Crippen LogP contribution in [0.1, 0.15) is 27.7 Å². The summed E-state index contributed by atoms with van der Waals surface area (Å²) >= 11 is 0. The molecule has 0 bridgehead atoms. The van der Waals surface area contributed by atoms with E-state index in [4.69, 9.17) is 0 Å². The molecule has 4 nitrogen and oxygen atoms in total. The summed E-state index contributed by atoms with van der Waals surface area (Å²) < 4.78 is 22.1. The van der Waals surface area contributed by atoms with E-state index in [0.717, 1.165) is 6.54 Å². The highest BCUT2D eigenvalue weighted by Crippen LogP contribution is 2.01. The predicted molar refractivity (Wildman–Crippen MR) is 69.6 cm³/mol. The SMILES string of the molecule is CC(CNC(C)(C)C)N(C)CCS(C)(=O)=O. The summed E-state index contributed by atoms with van der Waals surface area (Å²) in [4.78, 5) is 2.07. The lowest BCUT2D eigenvalue weighted by Crippen LogP contribution is -2.46. The summed E-state index contributed by atoms with van der Waals surface area (Å²) in [6.45, 7) is 9.92. The first kappa shape index (κ1) is 15.9. The molecule has 0 radical (unpaired) electrons. The Balaban J connectivity index is 3.96. The molecule has 0 amide bonds. The van der Waals surface area contributed by atoms with Gasteiger partial charge in [-0.2, -0.15) is 0 Å². The Morgan fingerprint density at radius 1 is 1.31 bits per heavy atom. The van der Waals surface area contributed by atoms with E-state index in [1.165, 1.54) is 6.26 Å². The minimum Gasteiger partial charge on any atom is -0.311 e. The smallest absolute Gasteiger partial charge is 0.148 e. The van der Waals surface area contributed by atoms with Crippen LogP contribution in [0.2, 0.25) is 0 Å². The number of nitrogens with one attached hydrogen (secondary N) is 1. The number of rotatable bonds is 6. The minimum absolute atomic E-state index is 0.103. The molecule has 98 valence electrons. The second-order valence-corrected chi connectivity index (χ2v) is 7.85. The van der Waals surface area contributed by atoms with Crippen LogP contribution < -0.4 is 5.32 Å². The van der Waals surface area contributed by atoms with Crippen molar-refractivity contribution >= 4 is 9.84 Å². The van der Waals surface area contributed by atoms with Crippen LogP contribution in [0.5, 0.6) is 0 Å². The van der Waals surface area contributed by atoms with Crippen molar-refractivity contribution in [2.45, 2.75) is 39.3 Å². The third-order valence-electron chi connectivity index (χ3n) is 2.50. The first-order valence-electron chi connectivity index (χ1n) is 5.64. The molecule has 1 unspecified atom stereocenters. The highest BCUT2D eigenvalue weighted by molar-refractivity contribution is 7.90. The van der Waals surface area contributed by atoms with Gasteiger partial charge in [0.25, 0.3) is 0 Å². The van der Waals surface area contributed by atoms with Gasteiger partial charge < -0.3 is 10.2 Å². The van der Waals surface area contributed by atoms with Crippen molar-refractivity contribution in [3.8, 4) is 0 Å². The van der Waals surface area contributed by atoms with Crippen molar-refractivity contribution in [2.24, 2.45) is 0 Å². The van der Waals surface area contributed by atoms with Crippen LogP contribution >= 0.6 is 0 Å². The second kappa shape index (κ2) is 5.98. The molecule has 0 saturated heterocycles. The number of likely N-dealkylation sites (N-methyl/N-ethyl adjacent to an activating group) is 1. The van der Waals surface area contributed by atoms with Gasteiger partial charge in [-0.25, -0.2) is 8.42 Å². The molecule has 0 spiro atoms. The molecule has 16 heavy (non-hydrogen) atoms. The van der Waals surface area contributed by atoms with Crippen LogP contribution in [-0.2, 0) is 9.84 Å². The molecule has 0 aliphatic rings. The lowest BCUT2D eigenvalue weighted by atomic mass is 10.1. The lowest BCUT2D eigenvalue weighted by Gasteiger charge is -2.29. The Labute approximate surface area is 100 Å². The zero-order valence-corrected chi connectivity index (χ0v) is 12.2. The van der Waals surface area contributed by atoms with Crippen LogP contribution in [0.15, 0.2) is 0 Å². The van der Waals surface area contributed by atoms with Gasteiger partial charge in [0, 0.05) is 30.9 Å². The Hall–Kier alpha value is -0.130. The van der Waals surface area contributed by atoms with Gasteiger partial charge in [-0.1, -0.05) is 0 Å². The van der Waals surface area contributed by atoms with Gasteiger partial charge in [-0.3, -0.25) is 0 Å². The maximum absolute atomic E-state index is 11.0. The normalized spacial score (nSPS) is 15.4. The fraction of sp³-hybridized carbons (Fsp3) is 1.00. The van der Waals surface area contributed by atoms with E-state index in [1.807, 2.05) is 7.05 Å². The Bertz CT molecular complexity index is 294. The summed E-state index contributed by atoms with van der Waals surface area (Å²) in [5.74, 6) is 0.226. The van der Waals surface area contributed by atoms with Gasteiger partial charge in [0.15, 0.2) is 0 Å². The zero-order chi connectivity index (χ0) is 13.0. The zero-order valence-electron chi connectivity index (χ0n) is 11.4. The Morgan fingerprint density at radius 3 is 2.19 bits per heavy atom. The molecule has 0 aliphatic carbocycles. The molecular weight excluding hydrogens is 224 g/mol. The van der Waals surface area contributed by atoms with E-state index in [2.05, 4.69) is 37.9 Å². The van der Waals surface area contributed by atoms with Crippen molar-refractivity contribution in [3.05, 3.63) is 0 Å². The topological polar surface area (TPSA) is 49.4 Å². The van der Waals surface area contributed by atoms with E-state index in [9.17, 15) is 8.42 Å². The van der Waals surface area contributed by atoms with Gasteiger partial charge in [-0.15, -0.1) is 0 Å². The molecule has 0 aromatic rings. The maximum Gasteiger partial charge on any atom is 0.148 e. The average molecular weight is 250 g/mol. The van der Waals surface area contributed by atoms with Gasteiger partial charge in [0.05, 0.1) is 5.75 Å². The second-order valence-electron chi connectivity index (χ2n) is 5.59. The Morgan fingerprint density at radius 2 is 1.81 bits per heavy atom. The molecule has 1 atom stereocenters. The predicted octanol–water partition coefficient (Wildman–Crippen LogP) is 0.739. The van der Waals surface area contributed by atoms with Crippen molar-refractivity contribution < 1.29 is 8.42 Å². The monoisotopic (exact) mass is 250 g/mol. The maximum atomic E-state index is 11.0. The summed E-state index contributed by atoms with van der Waals surface area (Å²) in [6, 6.07) is 0.334. The Kier molecular flexibility index (Phi) is 5.93. The summed E-state index contributed by atoms with van der Waals surface area (Å²) in [5, 5.41) is 3.41. The molecular formula is C11H26N2O2S. The average Bonchev–Trinajstić information content (AvgIpc) is 2.07.